The van der Waals surface area contributed by atoms with Gasteiger partial charge in [-0.25, -0.2) is 14.4 Å². The van der Waals surface area contributed by atoms with Crippen LogP contribution < -0.4 is 4.74 Å². The second-order valence-corrected chi connectivity index (χ2v) is 9.66. The molecule has 0 aromatic heterocycles. The van der Waals surface area contributed by atoms with E-state index in [2.05, 4.69) is 0 Å². The van der Waals surface area contributed by atoms with E-state index in [1.807, 2.05) is 6.08 Å². The molecule has 2 aromatic carbocycles. The number of esters is 2. The third-order valence-corrected chi connectivity index (χ3v) is 7.79. The predicted octanol–water partition coefficient (Wildman–Crippen LogP) is 5.02. The first kappa shape index (κ1) is 26.3. The Hall–Kier alpha value is -3.78. The Morgan fingerprint density at radius 3 is 2.57 bits per heavy atom. The molecule has 2 aromatic rings. The SMILES string of the molecule is CO[C@@](C)(C(=O)O)C(C)C1=CC(c2c(C=O)c(C)c3c(c2OC(=O)c2ccccc2)C(=O)OC3)CCC1. The third-order valence-electron chi connectivity index (χ3n) is 7.79. The number of aldehydes is 1. The molecule has 0 bridgehead atoms. The van der Waals surface area contributed by atoms with Crippen LogP contribution in [0.3, 0.4) is 0 Å². The Bertz CT molecular complexity index is 1290. The number of hydrogen-bond donors (Lipinski definition) is 1. The van der Waals surface area contributed by atoms with Crippen molar-refractivity contribution >= 4 is 24.2 Å². The minimum absolute atomic E-state index is 0.00932. The van der Waals surface area contributed by atoms with Crippen LogP contribution in [0.5, 0.6) is 5.75 Å². The van der Waals surface area contributed by atoms with Crippen LogP contribution >= 0.6 is 0 Å². The summed E-state index contributed by atoms with van der Waals surface area (Å²) < 4.78 is 16.5. The molecule has 1 aliphatic carbocycles. The summed E-state index contributed by atoms with van der Waals surface area (Å²) in [5.41, 5.74) is 1.78. The molecule has 3 atom stereocenters. The van der Waals surface area contributed by atoms with Crippen molar-refractivity contribution in [1.82, 2.24) is 0 Å². The van der Waals surface area contributed by atoms with Gasteiger partial charge in [0.25, 0.3) is 0 Å². The van der Waals surface area contributed by atoms with Gasteiger partial charge < -0.3 is 19.3 Å². The average molecular weight is 507 g/mol. The van der Waals surface area contributed by atoms with Gasteiger partial charge in [-0.3, -0.25) is 4.79 Å². The van der Waals surface area contributed by atoms with Gasteiger partial charge >= 0.3 is 17.9 Å². The standard InChI is InChI=1S/C29H30O8/c1-16-21(14-30)23(20-12-8-11-19(13-20)17(2)29(3,35-4)28(33)34)25(24-22(16)15-36-27(24)32)37-26(31)18-9-6-5-7-10-18/h5-7,9-10,13-14,17,20H,8,11-12,15H2,1-4H3,(H,33,34)/t17?,20?,29-/m1/s1. The van der Waals surface area contributed by atoms with Crippen molar-refractivity contribution in [3.05, 3.63) is 75.4 Å². The lowest BCUT2D eigenvalue weighted by Gasteiger charge is -2.35. The molecule has 0 saturated heterocycles. The molecule has 1 N–H and O–H groups in total. The van der Waals surface area contributed by atoms with Gasteiger partial charge in [0, 0.05) is 35.6 Å². The summed E-state index contributed by atoms with van der Waals surface area (Å²) in [6, 6.07) is 8.39. The number of carboxylic acids is 1. The fourth-order valence-corrected chi connectivity index (χ4v) is 5.25. The molecule has 0 fully saturated rings. The maximum absolute atomic E-state index is 13.1. The number of carbonyl (C=O) groups excluding carboxylic acids is 3. The van der Waals surface area contributed by atoms with E-state index < -0.39 is 35.3 Å². The number of fused-ring (bicyclic) bond motifs is 1. The lowest BCUT2D eigenvalue weighted by molar-refractivity contribution is -0.164. The van der Waals surface area contributed by atoms with Gasteiger partial charge in [-0.15, -0.1) is 0 Å². The van der Waals surface area contributed by atoms with Crippen molar-refractivity contribution in [3.63, 3.8) is 0 Å². The van der Waals surface area contributed by atoms with Crippen molar-refractivity contribution < 1.29 is 38.5 Å². The summed E-state index contributed by atoms with van der Waals surface area (Å²) in [5.74, 6) is -3.17. The molecule has 8 heteroatoms. The van der Waals surface area contributed by atoms with Crippen molar-refractivity contribution in [2.24, 2.45) is 5.92 Å². The maximum atomic E-state index is 13.1. The quantitative estimate of drug-likeness (QED) is 0.230. The molecule has 37 heavy (non-hydrogen) atoms. The van der Waals surface area contributed by atoms with Crippen LogP contribution in [0.2, 0.25) is 0 Å². The first-order valence-electron chi connectivity index (χ1n) is 12.2. The summed E-state index contributed by atoms with van der Waals surface area (Å²) >= 11 is 0. The van der Waals surface area contributed by atoms with Crippen molar-refractivity contribution in [3.8, 4) is 5.75 Å². The zero-order valence-electron chi connectivity index (χ0n) is 21.3. The van der Waals surface area contributed by atoms with Crippen LogP contribution in [0, 0.1) is 12.8 Å². The summed E-state index contributed by atoms with van der Waals surface area (Å²) in [6.07, 6.45) is 4.64. The van der Waals surface area contributed by atoms with E-state index in [9.17, 15) is 24.3 Å². The zero-order chi connectivity index (χ0) is 26.9. The molecular weight excluding hydrogens is 476 g/mol. The van der Waals surface area contributed by atoms with Gasteiger partial charge in [0.05, 0.1) is 5.56 Å². The first-order valence-corrected chi connectivity index (χ1v) is 12.2. The number of carboxylic acid groups (broad SMARTS) is 1. The van der Waals surface area contributed by atoms with E-state index in [-0.39, 0.29) is 17.9 Å². The van der Waals surface area contributed by atoms with Crippen LogP contribution in [0.25, 0.3) is 0 Å². The van der Waals surface area contributed by atoms with E-state index in [4.69, 9.17) is 14.2 Å². The Labute approximate surface area is 215 Å². The highest BCUT2D eigenvalue weighted by molar-refractivity contribution is 6.02. The number of rotatable bonds is 8. The highest BCUT2D eigenvalue weighted by atomic mass is 16.6. The monoisotopic (exact) mass is 506 g/mol. The molecule has 0 saturated carbocycles. The van der Waals surface area contributed by atoms with Crippen LogP contribution in [0.15, 0.2) is 42.0 Å². The van der Waals surface area contributed by atoms with Crippen LogP contribution in [-0.4, -0.2) is 42.0 Å². The fraction of sp³-hybridized carbons (Fsp3) is 0.379. The maximum Gasteiger partial charge on any atom is 0.343 e. The van der Waals surface area contributed by atoms with Gasteiger partial charge in [-0.1, -0.05) is 36.8 Å². The van der Waals surface area contributed by atoms with Crippen molar-refractivity contribution in [2.45, 2.75) is 58.2 Å². The zero-order valence-corrected chi connectivity index (χ0v) is 21.3. The number of carbonyl (C=O) groups is 4. The van der Waals surface area contributed by atoms with Gasteiger partial charge in [-0.05, 0) is 50.8 Å². The number of allylic oxidation sites excluding steroid dienone is 1. The number of cyclic esters (lactones) is 1. The molecule has 4 rings (SSSR count). The van der Waals surface area contributed by atoms with Crippen molar-refractivity contribution in [1.29, 1.82) is 0 Å². The topological polar surface area (TPSA) is 116 Å². The molecule has 0 spiro atoms. The Morgan fingerprint density at radius 1 is 1.24 bits per heavy atom. The second-order valence-electron chi connectivity index (χ2n) is 9.66. The summed E-state index contributed by atoms with van der Waals surface area (Å²) in [5, 5.41) is 9.81. The van der Waals surface area contributed by atoms with Crippen LogP contribution in [0.1, 0.15) is 86.8 Å². The molecule has 8 nitrogen and oxygen atoms in total. The minimum atomic E-state index is -1.44. The number of ether oxygens (including phenoxy) is 3. The van der Waals surface area contributed by atoms with E-state index >= 15 is 0 Å². The van der Waals surface area contributed by atoms with E-state index in [0.717, 1.165) is 11.9 Å². The lowest BCUT2D eigenvalue weighted by atomic mass is 9.74. The molecule has 194 valence electrons. The Morgan fingerprint density at radius 2 is 1.95 bits per heavy atom. The first-order chi connectivity index (χ1) is 17.6. The van der Waals surface area contributed by atoms with Crippen LogP contribution in [-0.2, 0) is 20.9 Å². The molecule has 1 heterocycles. The molecule has 2 aliphatic rings. The largest absolute Gasteiger partial charge is 0.479 e. The predicted molar refractivity (Wildman–Crippen MR) is 134 cm³/mol. The summed E-state index contributed by atoms with van der Waals surface area (Å²) in [7, 11) is 1.37. The second kappa shape index (κ2) is 10.3. The van der Waals surface area contributed by atoms with E-state index in [0.29, 0.717) is 47.1 Å². The van der Waals surface area contributed by atoms with E-state index in [1.54, 1.807) is 44.2 Å². The van der Waals surface area contributed by atoms with E-state index in [1.165, 1.54) is 14.0 Å². The molecule has 0 radical (unpaired) electrons. The number of methoxy groups -OCH3 is 1. The van der Waals surface area contributed by atoms with Gasteiger partial charge in [0.15, 0.2) is 17.6 Å². The molecule has 1 aliphatic heterocycles. The lowest BCUT2D eigenvalue weighted by Crippen LogP contribution is -2.44. The third kappa shape index (κ3) is 4.57. The molecule has 2 unspecified atom stereocenters. The Balaban J connectivity index is 1.89. The van der Waals surface area contributed by atoms with Gasteiger partial charge in [-0.2, -0.15) is 0 Å². The molecular formula is C29H30O8. The van der Waals surface area contributed by atoms with Gasteiger partial charge in [0.1, 0.15) is 12.2 Å². The normalized spacial score (nSPS) is 19.2. The van der Waals surface area contributed by atoms with Crippen LogP contribution in [0.4, 0.5) is 0 Å². The highest BCUT2D eigenvalue weighted by Crippen LogP contribution is 2.46. The van der Waals surface area contributed by atoms with Gasteiger partial charge in [0.2, 0.25) is 0 Å². The molecule has 0 amide bonds. The average Bonchev–Trinajstić information content (AvgIpc) is 3.31. The fourth-order valence-electron chi connectivity index (χ4n) is 5.25. The Kier molecular flexibility index (Phi) is 7.32. The minimum Gasteiger partial charge on any atom is -0.479 e. The number of benzene rings is 2. The van der Waals surface area contributed by atoms with Crippen molar-refractivity contribution in [2.75, 3.05) is 7.11 Å². The smallest absolute Gasteiger partial charge is 0.343 e. The number of aliphatic carboxylic acids is 1. The summed E-state index contributed by atoms with van der Waals surface area (Å²) in [6.45, 7) is 5.07. The number of hydrogen-bond acceptors (Lipinski definition) is 7. The highest BCUT2D eigenvalue weighted by Gasteiger charge is 2.42. The summed E-state index contributed by atoms with van der Waals surface area (Å²) in [4.78, 5) is 50.3.